The summed E-state index contributed by atoms with van der Waals surface area (Å²) in [5, 5.41) is 0. The fourth-order valence-electron chi connectivity index (χ4n) is 2.01. The summed E-state index contributed by atoms with van der Waals surface area (Å²) in [6, 6.07) is 14.2. The van der Waals surface area contributed by atoms with Crippen LogP contribution in [0.2, 0.25) is 0 Å². The molecule has 0 unspecified atom stereocenters. The smallest absolute Gasteiger partial charge is 0.130 e. The summed E-state index contributed by atoms with van der Waals surface area (Å²) >= 11 is 0. The van der Waals surface area contributed by atoms with Gasteiger partial charge in [0.15, 0.2) is 0 Å². The van der Waals surface area contributed by atoms with Gasteiger partial charge in [0, 0.05) is 6.07 Å². The van der Waals surface area contributed by atoms with Crippen LogP contribution in [0.5, 0.6) is 11.5 Å². The Hall–Kier alpha value is -1.83. The van der Waals surface area contributed by atoms with Gasteiger partial charge < -0.3 is 4.74 Å². The summed E-state index contributed by atoms with van der Waals surface area (Å²) < 4.78 is 18.7. The largest absolute Gasteiger partial charge is 0.457 e. The van der Waals surface area contributed by atoms with Crippen LogP contribution in [-0.4, -0.2) is 0 Å². The van der Waals surface area contributed by atoms with Gasteiger partial charge in [-0.05, 0) is 42.7 Å². The molecule has 0 aliphatic heterocycles. The number of rotatable bonds is 6. The van der Waals surface area contributed by atoms with Crippen molar-refractivity contribution >= 4 is 0 Å². The van der Waals surface area contributed by atoms with E-state index in [9.17, 15) is 4.39 Å². The van der Waals surface area contributed by atoms with Crippen molar-refractivity contribution in [1.82, 2.24) is 0 Å². The predicted molar refractivity (Wildman–Crippen MR) is 76.1 cm³/mol. The average Bonchev–Trinajstić information content (AvgIpc) is 2.39. The molecule has 0 bridgehead atoms. The van der Waals surface area contributed by atoms with Gasteiger partial charge in [0.25, 0.3) is 0 Å². The molecule has 0 saturated carbocycles. The lowest BCUT2D eigenvalue weighted by atomic mass is 10.1. The highest BCUT2D eigenvalue weighted by atomic mass is 19.1. The van der Waals surface area contributed by atoms with Gasteiger partial charge in [-0.2, -0.15) is 0 Å². The van der Waals surface area contributed by atoms with Gasteiger partial charge in [-0.25, -0.2) is 4.39 Å². The predicted octanol–water partition coefficient (Wildman–Crippen LogP) is 5.35. The molecule has 0 spiro atoms. The minimum atomic E-state index is -0.281. The Bertz CT molecular complexity index is 522. The van der Waals surface area contributed by atoms with E-state index in [-0.39, 0.29) is 5.82 Å². The number of unbranched alkanes of at least 4 members (excludes halogenated alkanes) is 2. The summed E-state index contributed by atoms with van der Waals surface area (Å²) in [6.07, 6.45) is 4.72. The Morgan fingerprint density at radius 2 is 1.68 bits per heavy atom. The molecule has 0 fully saturated rings. The highest BCUT2D eigenvalue weighted by molar-refractivity contribution is 5.34. The van der Waals surface area contributed by atoms with Crippen LogP contribution in [0.3, 0.4) is 0 Å². The first-order valence-corrected chi connectivity index (χ1v) is 6.80. The molecule has 0 aliphatic carbocycles. The van der Waals surface area contributed by atoms with Crippen LogP contribution in [0.4, 0.5) is 4.39 Å². The van der Waals surface area contributed by atoms with Gasteiger partial charge >= 0.3 is 0 Å². The van der Waals surface area contributed by atoms with Gasteiger partial charge in [0.1, 0.15) is 17.3 Å². The molecule has 0 amide bonds. The third-order valence-corrected chi connectivity index (χ3v) is 3.00. The lowest BCUT2D eigenvalue weighted by Gasteiger charge is -2.07. The van der Waals surface area contributed by atoms with E-state index in [2.05, 4.69) is 13.0 Å². The molecule has 0 N–H and O–H groups in total. The molecule has 0 radical (unpaired) electrons. The zero-order chi connectivity index (χ0) is 13.5. The van der Waals surface area contributed by atoms with Crippen LogP contribution < -0.4 is 4.74 Å². The molecule has 0 saturated heterocycles. The third-order valence-electron chi connectivity index (χ3n) is 3.00. The molecule has 0 heterocycles. The van der Waals surface area contributed by atoms with Crippen LogP contribution in [0.15, 0.2) is 48.5 Å². The van der Waals surface area contributed by atoms with Crippen LogP contribution in [-0.2, 0) is 6.42 Å². The summed E-state index contributed by atoms with van der Waals surface area (Å²) in [7, 11) is 0. The van der Waals surface area contributed by atoms with E-state index in [4.69, 9.17) is 4.74 Å². The van der Waals surface area contributed by atoms with Gasteiger partial charge in [-0.15, -0.1) is 0 Å². The van der Waals surface area contributed by atoms with Crippen molar-refractivity contribution in [2.45, 2.75) is 32.6 Å². The Morgan fingerprint density at radius 3 is 2.42 bits per heavy atom. The lowest BCUT2D eigenvalue weighted by Crippen LogP contribution is -1.89. The van der Waals surface area contributed by atoms with E-state index in [1.165, 1.54) is 37.0 Å². The van der Waals surface area contributed by atoms with E-state index >= 15 is 0 Å². The van der Waals surface area contributed by atoms with Gasteiger partial charge in [0.05, 0.1) is 0 Å². The minimum absolute atomic E-state index is 0.281. The number of aryl methyl sites for hydroxylation is 1. The van der Waals surface area contributed by atoms with Crippen molar-refractivity contribution in [3.63, 3.8) is 0 Å². The number of hydrogen-bond acceptors (Lipinski definition) is 1. The normalized spacial score (nSPS) is 10.4. The topological polar surface area (TPSA) is 9.23 Å². The first-order valence-electron chi connectivity index (χ1n) is 6.80. The van der Waals surface area contributed by atoms with Crippen LogP contribution in [0, 0.1) is 5.82 Å². The van der Waals surface area contributed by atoms with Crippen LogP contribution in [0.1, 0.15) is 31.7 Å². The minimum Gasteiger partial charge on any atom is -0.457 e. The molecule has 1 nitrogen and oxygen atoms in total. The standard InChI is InChI=1S/C17H19FO/c1-2-3-4-7-14-8-5-10-16(12-14)19-17-11-6-9-15(18)13-17/h5-6,8-13H,2-4,7H2,1H3. The first kappa shape index (κ1) is 13.6. The summed E-state index contributed by atoms with van der Waals surface area (Å²) in [5.41, 5.74) is 1.27. The van der Waals surface area contributed by atoms with Crippen molar-refractivity contribution in [3.8, 4) is 11.5 Å². The molecular weight excluding hydrogens is 239 g/mol. The molecule has 0 atom stereocenters. The molecular formula is C17H19FO. The van der Waals surface area contributed by atoms with E-state index in [1.54, 1.807) is 12.1 Å². The van der Waals surface area contributed by atoms with Gasteiger partial charge in [-0.3, -0.25) is 0 Å². The number of hydrogen-bond donors (Lipinski definition) is 0. The van der Waals surface area contributed by atoms with E-state index in [1.807, 2.05) is 18.2 Å². The van der Waals surface area contributed by atoms with E-state index < -0.39 is 0 Å². The fourth-order valence-corrected chi connectivity index (χ4v) is 2.01. The first-order chi connectivity index (χ1) is 9.28. The zero-order valence-electron chi connectivity index (χ0n) is 11.2. The number of halogens is 1. The van der Waals surface area contributed by atoms with Gasteiger partial charge in [-0.1, -0.05) is 38.0 Å². The molecule has 2 heteroatoms. The highest BCUT2D eigenvalue weighted by Crippen LogP contribution is 2.23. The second-order valence-corrected chi connectivity index (χ2v) is 4.66. The summed E-state index contributed by atoms with van der Waals surface area (Å²) in [5.74, 6) is 1.02. The van der Waals surface area contributed by atoms with E-state index in [0.29, 0.717) is 5.75 Å². The van der Waals surface area contributed by atoms with Crippen molar-refractivity contribution in [2.24, 2.45) is 0 Å². The maximum absolute atomic E-state index is 13.1. The highest BCUT2D eigenvalue weighted by Gasteiger charge is 2.00. The van der Waals surface area contributed by atoms with Crippen LogP contribution in [0.25, 0.3) is 0 Å². The quantitative estimate of drug-likeness (QED) is 0.634. The Morgan fingerprint density at radius 1 is 0.947 bits per heavy atom. The monoisotopic (exact) mass is 258 g/mol. The van der Waals surface area contributed by atoms with Crippen molar-refractivity contribution in [3.05, 3.63) is 59.9 Å². The second kappa shape index (κ2) is 6.93. The van der Waals surface area contributed by atoms with Crippen molar-refractivity contribution in [2.75, 3.05) is 0 Å². The van der Waals surface area contributed by atoms with Crippen LogP contribution >= 0.6 is 0 Å². The Labute approximate surface area is 114 Å². The average molecular weight is 258 g/mol. The number of ether oxygens (including phenoxy) is 1. The summed E-state index contributed by atoms with van der Waals surface area (Å²) in [4.78, 5) is 0. The van der Waals surface area contributed by atoms with Gasteiger partial charge in [0.2, 0.25) is 0 Å². The maximum atomic E-state index is 13.1. The molecule has 0 aromatic heterocycles. The molecule has 2 aromatic carbocycles. The third kappa shape index (κ3) is 4.40. The van der Waals surface area contributed by atoms with Crippen molar-refractivity contribution < 1.29 is 9.13 Å². The second-order valence-electron chi connectivity index (χ2n) is 4.66. The Balaban J connectivity index is 2.02. The lowest BCUT2D eigenvalue weighted by molar-refractivity contribution is 0.476. The molecule has 2 rings (SSSR count). The Kier molecular flexibility index (Phi) is 4.96. The molecule has 0 aliphatic rings. The SMILES string of the molecule is CCCCCc1cccc(Oc2cccc(F)c2)c1. The fraction of sp³-hybridized carbons (Fsp3) is 0.294. The summed E-state index contributed by atoms with van der Waals surface area (Å²) in [6.45, 7) is 2.20. The maximum Gasteiger partial charge on any atom is 0.130 e. The molecule has 2 aromatic rings. The zero-order valence-corrected chi connectivity index (χ0v) is 11.2. The van der Waals surface area contributed by atoms with E-state index in [0.717, 1.165) is 12.2 Å². The number of benzene rings is 2. The molecule has 19 heavy (non-hydrogen) atoms. The molecule has 100 valence electrons. The van der Waals surface area contributed by atoms with Crippen molar-refractivity contribution in [1.29, 1.82) is 0 Å².